The molecule has 0 fully saturated rings. The zero-order chi connectivity index (χ0) is 11.1. The molecular formula is C12H18FNO. The number of unbranched alkanes of at least 4 members (excludes halogenated alkanes) is 1. The molecule has 1 aromatic rings. The maximum absolute atomic E-state index is 13.1. The van der Waals surface area contributed by atoms with Gasteiger partial charge in [-0.15, -0.1) is 0 Å². The Morgan fingerprint density at radius 1 is 1.33 bits per heavy atom. The van der Waals surface area contributed by atoms with E-state index in [1.165, 1.54) is 6.07 Å². The van der Waals surface area contributed by atoms with Crippen molar-refractivity contribution in [3.63, 3.8) is 0 Å². The van der Waals surface area contributed by atoms with Crippen molar-refractivity contribution in [1.82, 2.24) is 0 Å². The van der Waals surface area contributed by atoms with Gasteiger partial charge in [-0.1, -0.05) is 6.07 Å². The molecule has 0 amide bonds. The van der Waals surface area contributed by atoms with Crippen molar-refractivity contribution in [2.45, 2.75) is 19.8 Å². The van der Waals surface area contributed by atoms with Crippen molar-refractivity contribution < 1.29 is 9.13 Å². The maximum Gasteiger partial charge on any atom is 0.128 e. The Morgan fingerprint density at radius 3 is 2.87 bits per heavy atom. The topological polar surface area (TPSA) is 21.3 Å². The third kappa shape index (κ3) is 3.88. The molecule has 0 atom stereocenters. The number of methoxy groups -OCH3 is 1. The number of nitrogens with one attached hydrogen (secondary N) is 1. The van der Waals surface area contributed by atoms with Crippen LogP contribution in [0.5, 0.6) is 0 Å². The molecule has 1 rings (SSSR count). The quantitative estimate of drug-likeness (QED) is 0.730. The van der Waals surface area contributed by atoms with Crippen LogP contribution in [0, 0.1) is 12.7 Å². The largest absolute Gasteiger partial charge is 0.385 e. The zero-order valence-corrected chi connectivity index (χ0v) is 9.35. The lowest BCUT2D eigenvalue weighted by atomic mass is 10.2. The normalized spacial score (nSPS) is 10.3. The van der Waals surface area contributed by atoms with Gasteiger partial charge in [0.15, 0.2) is 0 Å². The summed E-state index contributed by atoms with van der Waals surface area (Å²) in [5.74, 6) is -0.156. The molecule has 0 aliphatic heterocycles. The van der Waals surface area contributed by atoms with E-state index >= 15 is 0 Å². The molecule has 0 aromatic heterocycles. The monoisotopic (exact) mass is 211 g/mol. The van der Waals surface area contributed by atoms with E-state index in [0.717, 1.165) is 31.7 Å². The highest BCUT2D eigenvalue weighted by atomic mass is 19.1. The molecule has 0 radical (unpaired) electrons. The molecular weight excluding hydrogens is 193 g/mol. The van der Waals surface area contributed by atoms with Crippen LogP contribution in [0.3, 0.4) is 0 Å². The van der Waals surface area contributed by atoms with E-state index in [-0.39, 0.29) is 5.82 Å². The van der Waals surface area contributed by atoms with Crippen LogP contribution in [0.15, 0.2) is 18.2 Å². The standard InChI is InChI=1S/C12H18FNO/c1-10-11(13)6-5-7-12(10)14-8-3-4-9-15-2/h5-7,14H,3-4,8-9H2,1-2H3. The molecule has 0 aliphatic carbocycles. The summed E-state index contributed by atoms with van der Waals surface area (Å²) in [5.41, 5.74) is 1.57. The van der Waals surface area contributed by atoms with Crippen molar-refractivity contribution in [2.24, 2.45) is 0 Å². The Labute approximate surface area is 90.4 Å². The first-order valence-electron chi connectivity index (χ1n) is 5.23. The van der Waals surface area contributed by atoms with Gasteiger partial charge in [0.1, 0.15) is 5.82 Å². The summed E-state index contributed by atoms with van der Waals surface area (Å²) in [6, 6.07) is 5.10. The van der Waals surface area contributed by atoms with Crippen LogP contribution in [0.1, 0.15) is 18.4 Å². The van der Waals surface area contributed by atoms with Gasteiger partial charge in [-0.3, -0.25) is 0 Å². The summed E-state index contributed by atoms with van der Waals surface area (Å²) in [4.78, 5) is 0. The van der Waals surface area contributed by atoms with Gasteiger partial charge in [-0.2, -0.15) is 0 Å². The molecule has 0 aliphatic rings. The maximum atomic E-state index is 13.1. The number of benzene rings is 1. The lowest BCUT2D eigenvalue weighted by Gasteiger charge is -2.09. The van der Waals surface area contributed by atoms with Gasteiger partial charge in [-0.25, -0.2) is 4.39 Å². The fourth-order valence-corrected chi connectivity index (χ4v) is 1.39. The van der Waals surface area contributed by atoms with Gasteiger partial charge in [0.05, 0.1) is 0 Å². The first-order valence-corrected chi connectivity index (χ1v) is 5.23. The summed E-state index contributed by atoms with van der Waals surface area (Å²) >= 11 is 0. The highest BCUT2D eigenvalue weighted by Gasteiger charge is 2.01. The highest BCUT2D eigenvalue weighted by molar-refractivity contribution is 5.50. The van der Waals surface area contributed by atoms with Crippen LogP contribution in [-0.2, 0) is 4.74 Å². The van der Waals surface area contributed by atoms with E-state index in [4.69, 9.17) is 4.74 Å². The SMILES string of the molecule is COCCCCNc1cccc(F)c1C. The van der Waals surface area contributed by atoms with Crippen molar-refractivity contribution in [3.05, 3.63) is 29.6 Å². The molecule has 0 saturated carbocycles. The molecule has 0 spiro atoms. The van der Waals surface area contributed by atoms with Gasteiger partial charge >= 0.3 is 0 Å². The number of anilines is 1. The molecule has 0 saturated heterocycles. The predicted molar refractivity (Wildman–Crippen MR) is 60.7 cm³/mol. The fraction of sp³-hybridized carbons (Fsp3) is 0.500. The predicted octanol–water partition coefficient (Wildman–Crippen LogP) is 2.97. The summed E-state index contributed by atoms with van der Waals surface area (Å²) < 4.78 is 18.1. The second-order valence-electron chi connectivity index (χ2n) is 3.54. The van der Waals surface area contributed by atoms with Crippen LogP contribution in [0.4, 0.5) is 10.1 Å². The van der Waals surface area contributed by atoms with Crippen LogP contribution in [-0.4, -0.2) is 20.3 Å². The number of rotatable bonds is 6. The molecule has 15 heavy (non-hydrogen) atoms. The highest BCUT2D eigenvalue weighted by Crippen LogP contribution is 2.17. The molecule has 1 N–H and O–H groups in total. The average molecular weight is 211 g/mol. The number of hydrogen-bond donors (Lipinski definition) is 1. The summed E-state index contributed by atoms with van der Waals surface area (Å²) in [5, 5.41) is 3.22. The van der Waals surface area contributed by atoms with Gasteiger partial charge in [0.2, 0.25) is 0 Å². The Bertz CT molecular complexity index is 302. The van der Waals surface area contributed by atoms with Gasteiger partial charge in [0.25, 0.3) is 0 Å². The molecule has 3 heteroatoms. The minimum absolute atomic E-state index is 0.156. The first-order chi connectivity index (χ1) is 7.25. The second-order valence-corrected chi connectivity index (χ2v) is 3.54. The molecule has 84 valence electrons. The lowest BCUT2D eigenvalue weighted by molar-refractivity contribution is 0.194. The fourth-order valence-electron chi connectivity index (χ4n) is 1.39. The number of hydrogen-bond acceptors (Lipinski definition) is 2. The van der Waals surface area contributed by atoms with Crippen LogP contribution in [0.25, 0.3) is 0 Å². The van der Waals surface area contributed by atoms with E-state index in [9.17, 15) is 4.39 Å². The third-order valence-corrected chi connectivity index (χ3v) is 2.36. The minimum Gasteiger partial charge on any atom is -0.385 e. The Kier molecular flexibility index (Phi) is 5.12. The van der Waals surface area contributed by atoms with Crippen molar-refractivity contribution >= 4 is 5.69 Å². The van der Waals surface area contributed by atoms with Gasteiger partial charge in [-0.05, 0) is 31.9 Å². The molecule has 0 unspecified atom stereocenters. The third-order valence-electron chi connectivity index (χ3n) is 2.36. The molecule has 2 nitrogen and oxygen atoms in total. The number of halogens is 1. The van der Waals surface area contributed by atoms with Crippen molar-refractivity contribution in [2.75, 3.05) is 25.6 Å². The first kappa shape index (κ1) is 12.0. The number of ether oxygens (including phenoxy) is 1. The summed E-state index contributed by atoms with van der Waals surface area (Å²) in [6.45, 7) is 3.42. The Hall–Kier alpha value is -1.09. The van der Waals surface area contributed by atoms with Crippen LogP contribution in [0.2, 0.25) is 0 Å². The van der Waals surface area contributed by atoms with E-state index in [1.54, 1.807) is 20.1 Å². The molecule has 0 bridgehead atoms. The van der Waals surface area contributed by atoms with E-state index in [1.807, 2.05) is 6.07 Å². The molecule has 1 aromatic carbocycles. The minimum atomic E-state index is -0.156. The van der Waals surface area contributed by atoms with Crippen molar-refractivity contribution in [3.8, 4) is 0 Å². The lowest BCUT2D eigenvalue weighted by Crippen LogP contribution is -2.04. The van der Waals surface area contributed by atoms with Crippen molar-refractivity contribution in [1.29, 1.82) is 0 Å². The Morgan fingerprint density at radius 2 is 2.13 bits per heavy atom. The smallest absolute Gasteiger partial charge is 0.128 e. The van der Waals surface area contributed by atoms with Gasteiger partial charge < -0.3 is 10.1 Å². The van der Waals surface area contributed by atoms with E-state index in [2.05, 4.69) is 5.32 Å². The van der Waals surface area contributed by atoms with Gasteiger partial charge in [0, 0.05) is 31.5 Å². The van der Waals surface area contributed by atoms with E-state index in [0.29, 0.717) is 5.56 Å². The molecule has 0 heterocycles. The van der Waals surface area contributed by atoms with Crippen LogP contribution >= 0.6 is 0 Å². The second kappa shape index (κ2) is 6.40. The summed E-state index contributed by atoms with van der Waals surface area (Å²) in [6.07, 6.45) is 2.06. The zero-order valence-electron chi connectivity index (χ0n) is 9.35. The van der Waals surface area contributed by atoms with E-state index < -0.39 is 0 Å². The Balaban J connectivity index is 2.34. The summed E-state index contributed by atoms with van der Waals surface area (Å²) in [7, 11) is 1.70. The average Bonchev–Trinajstić information content (AvgIpc) is 2.24. The van der Waals surface area contributed by atoms with Crippen LogP contribution < -0.4 is 5.32 Å².